The maximum Gasteiger partial charge on any atom is 0.337 e. The van der Waals surface area contributed by atoms with Crippen LogP contribution in [0.1, 0.15) is 68.4 Å². The average molecular weight is 526 g/mol. The van der Waals surface area contributed by atoms with E-state index in [-0.39, 0.29) is 23.8 Å². The summed E-state index contributed by atoms with van der Waals surface area (Å²) in [6.07, 6.45) is 4.76. The smallest absolute Gasteiger partial charge is 0.337 e. The van der Waals surface area contributed by atoms with Crippen LogP contribution in [0.5, 0.6) is 5.75 Å². The van der Waals surface area contributed by atoms with E-state index in [4.69, 9.17) is 32.7 Å². The molecule has 7 heteroatoms. The molecule has 1 heterocycles. The first kappa shape index (κ1) is 24.9. The number of carbonyl (C=O) groups is 2. The largest absolute Gasteiger partial charge is 0.497 e. The van der Waals surface area contributed by atoms with Crippen LogP contribution in [0.3, 0.4) is 0 Å². The summed E-state index contributed by atoms with van der Waals surface area (Å²) in [4.78, 5) is 27.3. The molecule has 36 heavy (non-hydrogen) atoms. The Kier molecular flexibility index (Phi) is 7.14. The molecular formula is C29H29Cl2NO4. The fourth-order valence-corrected chi connectivity index (χ4v) is 6.21. The van der Waals surface area contributed by atoms with E-state index in [1.54, 1.807) is 19.2 Å². The average Bonchev–Trinajstić information content (AvgIpc) is 3.36. The molecule has 1 aliphatic heterocycles. The lowest BCUT2D eigenvalue weighted by molar-refractivity contribution is -0.144. The summed E-state index contributed by atoms with van der Waals surface area (Å²) >= 11 is 12.8. The lowest BCUT2D eigenvalue weighted by atomic mass is 9.71. The number of allylic oxidation sites excluding steroid dienone is 3. The van der Waals surface area contributed by atoms with E-state index in [9.17, 15) is 9.59 Å². The second-order valence-electron chi connectivity index (χ2n) is 9.77. The van der Waals surface area contributed by atoms with E-state index >= 15 is 0 Å². The third-order valence-electron chi connectivity index (χ3n) is 7.48. The number of ether oxygens (including phenoxy) is 2. The Morgan fingerprint density at radius 1 is 1.03 bits per heavy atom. The van der Waals surface area contributed by atoms with E-state index in [1.165, 1.54) is 0 Å². The molecule has 2 aliphatic carbocycles. The van der Waals surface area contributed by atoms with Crippen LogP contribution in [0.2, 0.25) is 10.0 Å². The van der Waals surface area contributed by atoms with Crippen LogP contribution >= 0.6 is 23.2 Å². The van der Waals surface area contributed by atoms with Gasteiger partial charge in [0, 0.05) is 39.4 Å². The molecule has 0 unspecified atom stereocenters. The van der Waals surface area contributed by atoms with E-state index in [1.807, 2.05) is 37.3 Å². The number of carbonyl (C=O) groups excluding carboxylic acids is 2. The molecule has 2 atom stereocenters. The van der Waals surface area contributed by atoms with E-state index in [0.717, 1.165) is 42.7 Å². The third kappa shape index (κ3) is 4.79. The molecule has 2 aromatic rings. The first-order chi connectivity index (χ1) is 17.4. The predicted octanol–water partition coefficient (Wildman–Crippen LogP) is 6.85. The maximum absolute atomic E-state index is 13.8. The number of dihydropyridines is 1. The van der Waals surface area contributed by atoms with Crippen molar-refractivity contribution in [2.24, 2.45) is 0 Å². The van der Waals surface area contributed by atoms with Crippen molar-refractivity contribution in [3.05, 3.63) is 86.2 Å². The van der Waals surface area contributed by atoms with Crippen LogP contribution in [0.15, 0.2) is 65.0 Å². The highest BCUT2D eigenvalue weighted by molar-refractivity contribution is 6.35. The summed E-state index contributed by atoms with van der Waals surface area (Å²) in [5, 5.41) is 4.32. The summed E-state index contributed by atoms with van der Waals surface area (Å²) in [5.41, 5.74) is 4.32. The second-order valence-corrected chi connectivity index (χ2v) is 10.6. The number of benzene rings is 2. The normalized spacial score (nSPS) is 22.4. The molecule has 3 aliphatic rings. The van der Waals surface area contributed by atoms with Gasteiger partial charge in [-0.3, -0.25) is 4.79 Å². The van der Waals surface area contributed by atoms with Crippen LogP contribution in [-0.2, 0) is 14.3 Å². The van der Waals surface area contributed by atoms with Crippen molar-refractivity contribution in [1.82, 2.24) is 5.32 Å². The first-order valence-electron chi connectivity index (χ1n) is 12.4. The minimum atomic E-state index is -0.607. The number of esters is 1. The number of hydrogen-bond donors (Lipinski definition) is 1. The zero-order valence-electron chi connectivity index (χ0n) is 20.4. The van der Waals surface area contributed by atoms with E-state index < -0.39 is 5.92 Å². The van der Waals surface area contributed by atoms with Crippen molar-refractivity contribution in [3.8, 4) is 5.75 Å². The van der Waals surface area contributed by atoms with Crippen LogP contribution in [0.25, 0.3) is 0 Å². The number of ketones is 1. The van der Waals surface area contributed by atoms with Gasteiger partial charge in [0.1, 0.15) is 11.9 Å². The molecule has 0 radical (unpaired) electrons. The van der Waals surface area contributed by atoms with Gasteiger partial charge in [-0.05, 0) is 80.3 Å². The van der Waals surface area contributed by atoms with Gasteiger partial charge in [-0.2, -0.15) is 0 Å². The van der Waals surface area contributed by atoms with Crippen molar-refractivity contribution < 1.29 is 19.1 Å². The highest BCUT2D eigenvalue weighted by Crippen LogP contribution is 2.47. The zero-order chi connectivity index (χ0) is 25.4. The number of nitrogens with one attached hydrogen (secondary N) is 1. The summed E-state index contributed by atoms with van der Waals surface area (Å²) in [5.74, 6) is -0.197. The fourth-order valence-electron chi connectivity index (χ4n) is 5.69. The van der Waals surface area contributed by atoms with Crippen molar-refractivity contribution in [2.45, 2.75) is 63.4 Å². The Balaban J connectivity index is 1.54. The highest BCUT2D eigenvalue weighted by Gasteiger charge is 2.42. The summed E-state index contributed by atoms with van der Waals surface area (Å²) in [6.45, 7) is 1.87. The summed E-state index contributed by atoms with van der Waals surface area (Å²) < 4.78 is 11.2. The SMILES string of the molecule is COc1ccc([C@H]2CC(=O)C3=C(C2)NC(C)=C(C(=O)OC2CCCC2)[C@@H]3c2ccc(Cl)cc2Cl)cc1. The lowest BCUT2D eigenvalue weighted by Gasteiger charge is -2.37. The Labute approximate surface area is 221 Å². The minimum Gasteiger partial charge on any atom is -0.497 e. The van der Waals surface area contributed by atoms with E-state index in [2.05, 4.69) is 5.32 Å². The number of Topliss-reactive ketones (excluding diaryl/α,β-unsaturated/α-hetero) is 1. The third-order valence-corrected chi connectivity index (χ3v) is 8.05. The molecule has 0 saturated heterocycles. The molecule has 5 nitrogen and oxygen atoms in total. The topological polar surface area (TPSA) is 64.6 Å². The first-order valence-corrected chi connectivity index (χ1v) is 13.1. The van der Waals surface area contributed by atoms with Crippen LogP contribution in [0, 0.1) is 0 Å². The standard InChI is InChI=1S/C29H29Cl2NO4/c1-16-26(29(34)36-21-5-3-4-6-21)27(22-12-9-19(30)15-23(22)31)28-24(32-16)13-18(14-25(28)33)17-7-10-20(35-2)11-8-17/h7-12,15,18,21,27,32H,3-6,13-14H2,1-2H3/t18-,27+/m1/s1. The molecule has 0 bridgehead atoms. The molecule has 0 amide bonds. The second kappa shape index (κ2) is 10.3. The lowest BCUT2D eigenvalue weighted by Crippen LogP contribution is -2.36. The Hall–Kier alpha value is -2.76. The van der Waals surface area contributed by atoms with Crippen LogP contribution < -0.4 is 10.1 Å². The van der Waals surface area contributed by atoms with Gasteiger partial charge in [0.15, 0.2) is 5.78 Å². The minimum absolute atomic E-state index is 0.000693. The van der Waals surface area contributed by atoms with Crippen molar-refractivity contribution in [2.75, 3.05) is 7.11 Å². The van der Waals surface area contributed by atoms with Gasteiger partial charge in [0.25, 0.3) is 0 Å². The van der Waals surface area contributed by atoms with Gasteiger partial charge in [-0.1, -0.05) is 41.4 Å². The Morgan fingerprint density at radius 2 is 1.75 bits per heavy atom. The van der Waals surface area contributed by atoms with Crippen molar-refractivity contribution >= 4 is 35.0 Å². The van der Waals surface area contributed by atoms with Crippen LogP contribution in [0.4, 0.5) is 0 Å². The zero-order valence-corrected chi connectivity index (χ0v) is 21.9. The number of hydrogen-bond acceptors (Lipinski definition) is 5. The van der Waals surface area contributed by atoms with Crippen LogP contribution in [-0.4, -0.2) is 25.0 Å². The molecule has 2 aromatic carbocycles. The molecule has 1 saturated carbocycles. The number of rotatable bonds is 5. The van der Waals surface area contributed by atoms with Crippen molar-refractivity contribution in [1.29, 1.82) is 0 Å². The van der Waals surface area contributed by atoms with Gasteiger partial charge in [-0.25, -0.2) is 4.79 Å². The Morgan fingerprint density at radius 3 is 2.42 bits per heavy atom. The van der Waals surface area contributed by atoms with E-state index in [0.29, 0.717) is 45.3 Å². The van der Waals surface area contributed by atoms with Gasteiger partial charge in [-0.15, -0.1) is 0 Å². The van der Waals surface area contributed by atoms with Crippen molar-refractivity contribution in [3.63, 3.8) is 0 Å². The number of halogens is 2. The summed E-state index contributed by atoms with van der Waals surface area (Å²) in [6, 6.07) is 13.0. The predicted molar refractivity (Wildman–Crippen MR) is 140 cm³/mol. The number of methoxy groups -OCH3 is 1. The summed E-state index contributed by atoms with van der Waals surface area (Å²) in [7, 11) is 1.63. The molecule has 1 fully saturated rings. The Bertz CT molecular complexity index is 1260. The fraction of sp³-hybridized carbons (Fsp3) is 0.379. The highest BCUT2D eigenvalue weighted by atomic mass is 35.5. The molecule has 1 N–H and O–H groups in total. The monoisotopic (exact) mass is 525 g/mol. The molecule has 5 rings (SSSR count). The van der Waals surface area contributed by atoms with Gasteiger partial charge >= 0.3 is 5.97 Å². The van der Waals surface area contributed by atoms with Gasteiger partial charge in [0.05, 0.1) is 12.7 Å². The molecule has 0 aromatic heterocycles. The molecule has 188 valence electrons. The van der Waals surface area contributed by atoms with Gasteiger partial charge < -0.3 is 14.8 Å². The van der Waals surface area contributed by atoms with Gasteiger partial charge in [0.2, 0.25) is 0 Å². The molecule has 0 spiro atoms. The molecular weight excluding hydrogens is 497 g/mol. The quantitative estimate of drug-likeness (QED) is 0.432. The maximum atomic E-state index is 13.8.